The maximum absolute atomic E-state index is 10.8. The van der Waals surface area contributed by atoms with Crippen molar-refractivity contribution < 1.29 is 4.92 Å². The van der Waals surface area contributed by atoms with Gasteiger partial charge in [0.1, 0.15) is 0 Å². The third kappa shape index (κ3) is 3.32. The number of nitrogens with one attached hydrogen (secondary N) is 1. The van der Waals surface area contributed by atoms with Crippen molar-refractivity contribution in [1.82, 2.24) is 5.32 Å². The number of benzene rings is 1. The molecule has 1 N–H and O–H groups in total. The number of nitro groups is 1. The Morgan fingerprint density at radius 3 is 2.88 bits per heavy atom. The Morgan fingerprint density at radius 2 is 2.31 bits per heavy atom. The Morgan fingerprint density at radius 1 is 1.62 bits per heavy atom. The van der Waals surface area contributed by atoms with Crippen molar-refractivity contribution in [2.45, 2.75) is 6.92 Å². The van der Waals surface area contributed by atoms with E-state index < -0.39 is 4.92 Å². The minimum absolute atomic E-state index is 0.0693. The zero-order valence-electron chi connectivity index (χ0n) is 9.16. The molecule has 0 amide bonds. The van der Waals surface area contributed by atoms with Gasteiger partial charge < -0.3 is 5.32 Å². The van der Waals surface area contributed by atoms with E-state index in [4.69, 9.17) is 11.6 Å². The van der Waals surface area contributed by atoms with Gasteiger partial charge in [0.25, 0.3) is 5.69 Å². The van der Waals surface area contributed by atoms with E-state index in [0.29, 0.717) is 17.1 Å². The summed E-state index contributed by atoms with van der Waals surface area (Å²) in [5.74, 6) is 0. The lowest BCUT2D eigenvalue weighted by molar-refractivity contribution is -0.385. The first-order valence-electron chi connectivity index (χ1n) is 4.80. The van der Waals surface area contributed by atoms with Crippen LogP contribution >= 0.6 is 11.6 Å². The summed E-state index contributed by atoms with van der Waals surface area (Å²) in [6, 6.07) is 4.53. The third-order valence-electron chi connectivity index (χ3n) is 2.04. The molecule has 0 aromatic heterocycles. The molecule has 0 fully saturated rings. The Hall–Kier alpha value is -1.39. The van der Waals surface area contributed by atoms with E-state index in [2.05, 4.69) is 5.32 Å². The van der Waals surface area contributed by atoms with Gasteiger partial charge in [-0.05, 0) is 32.2 Å². The van der Waals surface area contributed by atoms with Crippen molar-refractivity contribution >= 4 is 23.4 Å². The van der Waals surface area contributed by atoms with Gasteiger partial charge in [-0.15, -0.1) is 0 Å². The van der Waals surface area contributed by atoms with E-state index in [9.17, 15) is 10.1 Å². The molecule has 0 aliphatic rings. The van der Waals surface area contributed by atoms with Crippen LogP contribution in [0.4, 0.5) is 5.69 Å². The second-order valence-electron chi connectivity index (χ2n) is 3.48. The molecule has 5 heteroatoms. The monoisotopic (exact) mass is 240 g/mol. The molecule has 4 nitrogen and oxygen atoms in total. The Kier molecular flexibility index (Phi) is 4.46. The molecule has 0 heterocycles. The molecule has 1 aromatic rings. The van der Waals surface area contributed by atoms with Crippen molar-refractivity contribution in [2.24, 2.45) is 0 Å². The van der Waals surface area contributed by atoms with E-state index >= 15 is 0 Å². The van der Waals surface area contributed by atoms with Gasteiger partial charge >= 0.3 is 0 Å². The van der Waals surface area contributed by atoms with E-state index in [1.54, 1.807) is 12.1 Å². The number of rotatable bonds is 4. The zero-order chi connectivity index (χ0) is 12.1. The number of hydrogen-bond acceptors (Lipinski definition) is 3. The van der Waals surface area contributed by atoms with E-state index in [1.165, 1.54) is 12.1 Å². The second-order valence-corrected chi connectivity index (χ2v) is 3.92. The lowest BCUT2D eigenvalue weighted by Gasteiger charge is -2.02. The molecule has 1 rings (SSSR count). The lowest BCUT2D eigenvalue weighted by Crippen LogP contribution is -2.08. The molecule has 0 aliphatic carbocycles. The van der Waals surface area contributed by atoms with Crippen LogP contribution in [0.5, 0.6) is 0 Å². The average Bonchev–Trinajstić information content (AvgIpc) is 2.17. The van der Waals surface area contributed by atoms with Crippen LogP contribution in [0, 0.1) is 10.1 Å². The molecule has 0 unspecified atom stereocenters. The lowest BCUT2D eigenvalue weighted by atomic mass is 10.1. The number of likely N-dealkylation sites (N-methyl/N-ethyl adjacent to an activating group) is 1. The van der Waals surface area contributed by atoms with Crippen LogP contribution in [0.15, 0.2) is 23.8 Å². The quantitative estimate of drug-likeness (QED) is 0.650. The minimum Gasteiger partial charge on any atom is -0.316 e. The molecule has 0 atom stereocenters. The standard InChI is InChI=1S/C11H13ClN2O2/c1-8(7-13-2)5-9-6-10(12)3-4-11(9)14(15)16/h3-6,13H,7H2,1-2H3/b8-5+. The summed E-state index contributed by atoms with van der Waals surface area (Å²) in [5.41, 5.74) is 1.61. The van der Waals surface area contributed by atoms with Crippen LogP contribution < -0.4 is 5.32 Å². The maximum Gasteiger partial charge on any atom is 0.276 e. The first-order chi connectivity index (χ1) is 7.54. The molecular formula is C11H13ClN2O2. The van der Waals surface area contributed by atoms with Gasteiger partial charge in [-0.25, -0.2) is 0 Å². The topological polar surface area (TPSA) is 55.2 Å². The van der Waals surface area contributed by atoms with Crippen LogP contribution in [-0.2, 0) is 0 Å². The molecule has 0 saturated heterocycles. The smallest absolute Gasteiger partial charge is 0.276 e. The molecule has 0 saturated carbocycles. The minimum atomic E-state index is -0.408. The predicted molar refractivity (Wildman–Crippen MR) is 65.7 cm³/mol. The highest BCUT2D eigenvalue weighted by atomic mass is 35.5. The van der Waals surface area contributed by atoms with Crippen LogP contribution in [0.1, 0.15) is 12.5 Å². The summed E-state index contributed by atoms with van der Waals surface area (Å²) in [5, 5.41) is 14.3. The molecule has 0 bridgehead atoms. The summed E-state index contributed by atoms with van der Waals surface area (Å²) < 4.78 is 0. The van der Waals surface area contributed by atoms with Gasteiger partial charge in [0.05, 0.1) is 10.5 Å². The van der Waals surface area contributed by atoms with Crippen molar-refractivity contribution in [3.8, 4) is 0 Å². The van der Waals surface area contributed by atoms with E-state index in [1.807, 2.05) is 14.0 Å². The highest BCUT2D eigenvalue weighted by molar-refractivity contribution is 6.30. The van der Waals surface area contributed by atoms with Crippen LogP contribution in [0.25, 0.3) is 6.08 Å². The first-order valence-corrected chi connectivity index (χ1v) is 5.18. The van der Waals surface area contributed by atoms with Crippen LogP contribution in [0.2, 0.25) is 5.02 Å². The van der Waals surface area contributed by atoms with Gasteiger partial charge in [-0.1, -0.05) is 17.2 Å². The van der Waals surface area contributed by atoms with Crippen molar-refractivity contribution in [3.63, 3.8) is 0 Å². The molecule has 0 spiro atoms. The van der Waals surface area contributed by atoms with Crippen molar-refractivity contribution in [1.29, 1.82) is 0 Å². The fraction of sp³-hybridized carbons (Fsp3) is 0.273. The van der Waals surface area contributed by atoms with Crippen molar-refractivity contribution in [2.75, 3.05) is 13.6 Å². The summed E-state index contributed by atoms with van der Waals surface area (Å²) in [4.78, 5) is 10.4. The zero-order valence-corrected chi connectivity index (χ0v) is 9.91. The fourth-order valence-electron chi connectivity index (χ4n) is 1.40. The van der Waals surface area contributed by atoms with E-state index in [-0.39, 0.29) is 5.69 Å². The number of halogens is 1. The van der Waals surface area contributed by atoms with Gasteiger partial charge in [0.15, 0.2) is 0 Å². The normalized spacial score (nSPS) is 11.6. The molecule has 1 aromatic carbocycles. The van der Waals surface area contributed by atoms with Gasteiger partial charge in [-0.2, -0.15) is 0 Å². The highest BCUT2D eigenvalue weighted by Gasteiger charge is 2.11. The number of hydrogen-bond donors (Lipinski definition) is 1. The molecule has 16 heavy (non-hydrogen) atoms. The second kappa shape index (κ2) is 5.63. The number of nitro benzene ring substituents is 1. The predicted octanol–water partition coefficient (Wildman–Crippen LogP) is 2.87. The molecule has 0 aliphatic heterocycles. The largest absolute Gasteiger partial charge is 0.316 e. The number of nitrogens with zero attached hydrogens (tertiary/aromatic N) is 1. The SMILES string of the molecule is CNC/C(C)=C/c1cc(Cl)ccc1[N+](=O)[O-]. The summed E-state index contributed by atoms with van der Waals surface area (Å²) in [6.07, 6.45) is 1.76. The fourth-order valence-corrected chi connectivity index (χ4v) is 1.58. The van der Waals surface area contributed by atoms with Crippen LogP contribution in [-0.4, -0.2) is 18.5 Å². The van der Waals surface area contributed by atoms with E-state index in [0.717, 1.165) is 5.57 Å². The maximum atomic E-state index is 10.8. The Balaban J connectivity index is 3.15. The van der Waals surface area contributed by atoms with Crippen LogP contribution in [0.3, 0.4) is 0 Å². The first kappa shape index (κ1) is 12.7. The van der Waals surface area contributed by atoms with Gasteiger partial charge in [-0.3, -0.25) is 10.1 Å². The molecule has 86 valence electrons. The van der Waals surface area contributed by atoms with Crippen molar-refractivity contribution in [3.05, 3.63) is 44.5 Å². The molecular weight excluding hydrogens is 228 g/mol. The third-order valence-corrected chi connectivity index (χ3v) is 2.28. The Bertz CT molecular complexity index is 430. The summed E-state index contributed by atoms with van der Waals surface area (Å²) in [6.45, 7) is 2.59. The highest BCUT2D eigenvalue weighted by Crippen LogP contribution is 2.24. The van der Waals surface area contributed by atoms with Gasteiger partial charge in [0, 0.05) is 17.6 Å². The Labute approximate surface area is 99.1 Å². The molecule has 0 radical (unpaired) electrons. The summed E-state index contributed by atoms with van der Waals surface area (Å²) >= 11 is 5.81. The van der Waals surface area contributed by atoms with Gasteiger partial charge in [0.2, 0.25) is 0 Å². The summed E-state index contributed by atoms with van der Waals surface area (Å²) in [7, 11) is 1.82. The average molecular weight is 241 g/mol.